The third-order valence-corrected chi connectivity index (χ3v) is 11.5. The summed E-state index contributed by atoms with van der Waals surface area (Å²) in [5.41, 5.74) is 1.33. The monoisotopic (exact) mass is 429 g/mol. The first-order chi connectivity index (χ1) is 10.6. The van der Waals surface area contributed by atoms with Crippen LogP contribution in [0.25, 0.3) is 0 Å². The first-order valence-corrected chi connectivity index (χ1v) is 13.0. The Kier molecular flexibility index (Phi) is 10.3. The Morgan fingerprint density at radius 1 is 1.00 bits per heavy atom. The number of rotatable bonds is 12. The van der Waals surface area contributed by atoms with Crippen LogP contribution in [0.4, 0.5) is 0 Å². The van der Waals surface area contributed by atoms with Crippen LogP contribution in [0.2, 0.25) is 3.43 Å². The van der Waals surface area contributed by atoms with Gasteiger partial charge in [-0.15, -0.1) is 0 Å². The van der Waals surface area contributed by atoms with Gasteiger partial charge in [-0.3, -0.25) is 0 Å². The third-order valence-electron chi connectivity index (χ3n) is 4.51. The van der Waals surface area contributed by atoms with E-state index in [0.717, 1.165) is 0 Å². The van der Waals surface area contributed by atoms with Crippen LogP contribution in [0.1, 0.15) is 104 Å². The molecule has 126 valence electrons. The van der Waals surface area contributed by atoms with E-state index in [2.05, 4.69) is 40.0 Å². The van der Waals surface area contributed by atoms with E-state index in [-0.39, 0.29) is 0 Å². The van der Waals surface area contributed by atoms with Gasteiger partial charge in [-0.25, -0.2) is 0 Å². The number of aromatic nitrogens is 1. The molecule has 0 amide bonds. The number of unbranched alkanes of at least 4 members (excludes halogenated alkanes) is 3. The molecule has 0 fully saturated rings. The number of hydrogen-bond acceptors (Lipinski definition) is 2. The molecule has 0 spiro atoms. The van der Waals surface area contributed by atoms with Crippen molar-refractivity contribution in [1.29, 1.82) is 0 Å². The number of hydrogen-bond donors (Lipinski definition) is 0. The van der Waals surface area contributed by atoms with Crippen molar-refractivity contribution in [1.82, 2.24) is 4.98 Å². The fourth-order valence-electron chi connectivity index (χ4n) is 2.94. The van der Waals surface area contributed by atoms with E-state index in [1.807, 2.05) is 11.3 Å². The van der Waals surface area contributed by atoms with Crippen molar-refractivity contribution in [3.63, 3.8) is 0 Å². The molecule has 3 heteroatoms. The molecular weight excluding hydrogens is 393 g/mol. The molecular formula is C19H35NSSn. The van der Waals surface area contributed by atoms with Crippen molar-refractivity contribution in [2.45, 2.75) is 102 Å². The molecule has 0 aliphatic heterocycles. The van der Waals surface area contributed by atoms with Gasteiger partial charge in [-0.2, -0.15) is 0 Å². The molecule has 0 saturated heterocycles. The first kappa shape index (κ1) is 20.5. The minimum atomic E-state index is -0.601. The molecule has 1 rings (SSSR count). The summed E-state index contributed by atoms with van der Waals surface area (Å²) in [5, 5.41) is 2.32. The van der Waals surface area contributed by atoms with E-state index in [0.29, 0.717) is 9.35 Å². The Bertz CT molecular complexity index is 378. The molecule has 0 saturated carbocycles. The Hall–Kier alpha value is 0.429. The van der Waals surface area contributed by atoms with E-state index < -0.39 is 21.1 Å². The Balaban J connectivity index is 2.87. The fourth-order valence-corrected chi connectivity index (χ4v) is 10.6. The van der Waals surface area contributed by atoms with Crippen LogP contribution in [0.15, 0.2) is 5.38 Å². The topological polar surface area (TPSA) is 12.9 Å². The van der Waals surface area contributed by atoms with Crippen LogP contribution < -0.4 is 3.02 Å². The van der Waals surface area contributed by atoms with Crippen molar-refractivity contribution in [3.8, 4) is 0 Å². The van der Waals surface area contributed by atoms with Gasteiger partial charge in [-0.1, -0.05) is 0 Å². The summed E-state index contributed by atoms with van der Waals surface area (Å²) in [6.45, 7) is 11.6. The number of thiazole rings is 1. The molecule has 0 atom stereocenters. The molecule has 0 aliphatic carbocycles. The van der Waals surface area contributed by atoms with Crippen LogP contribution in [0.5, 0.6) is 0 Å². The van der Waals surface area contributed by atoms with Crippen molar-refractivity contribution in [2.24, 2.45) is 0 Å². The zero-order valence-electron chi connectivity index (χ0n) is 15.4. The van der Waals surface area contributed by atoms with E-state index >= 15 is 0 Å². The Morgan fingerprint density at radius 2 is 1.50 bits per heavy atom. The molecule has 2 radical (unpaired) electrons. The van der Waals surface area contributed by atoms with Gasteiger partial charge in [0.25, 0.3) is 0 Å². The van der Waals surface area contributed by atoms with Gasteiger partial charge in [0.05, 0.1) is 0 Å². The van der Waals surface area contributed by atoms with Gasteiger partial charge in [-0.05, 0) is 0 Å². The van der Waals surface area contributed by atoms with Crippen LogP contribution in [0, 0.1) is 0 Å². The average molecular weight is 428 g/mol. The van der Waals surface area contributed by atoms with Crippen molar-refractivity contribution in [2.75, 3.05) is 0 Å². The molecule has 1 aromatic rings. The molecule has 1 heterocycles. The fraction of sp³-hybridized carbons (Fsp3) is 0.842. The van der Waals surface area contributed by atoms with Gasteiger partial charge in [0.2, 0.25) is 0 Å². The maximum atomic E-state index is 5.01. The zero-order chi connectivity index (χ0) is 16.4. The average Bonchev–Trinajstić information content (AvgIpc) is 2.97. The molecule has 0 aliphatic rings. The Morgan fingerprint density at radius 3 is 1.86 bits per heavy atom. The molecule has 1 aromatic heterocycles. The van der Waals surface area contributed by atoms with Crippen LogP contribution in [-0.4, -0.2) is 26.1 Å². The van der Waals surface area contributed by atoms with Gasteiger partial charge < -0.3 is 0 Å². The summed E-state index contributed by atoms with van der Waals surface area (Å²) < 4.78 is 2.23. The predicted octanol–water partition coefficient (Wildman–Crippen LogP) is 6.33. The summed E-state index contributed by atoms with van der Waals surface area (Å²) in [5.74, 6) is 0.584. The minimum absolute atomic E-state index is 0.584. The predicted molar refractivity (Wildman–Crippen MR) is 103 cm³/mol. The van der Waals surface area contributed by atoms with Crippen molar-refractivity contribution >= 4 is 35.5 Å². The summed E-state index contributed by atoms with van der Waals surface area (Å²) in [6, 6.07) is 0. The van der Waals surface area contributed by atoms with Crippen LogP contribution in [-0.2, 0) is 0 Å². The van der Waals surface area contributed by atoms with Crippen LogP contribution >= 0.6 is 11.3 Å². The normalized spacial score (nSPS) is 12.3. The first-order valence-electron chi connectivity index (χ1n) is 9.30. The van der Waals surface area contributed by atoms with E-state index in [9.17, 15) is 0 Å². The second-order valence-electron chi connectivity index (χ2n) is 6.95. The molecule has 1 nitrogen and oxygen atoms in total. The van der Waals surface area contributed by atoms with E-state index in [1.165, 1.54) is 63.5 Å². The van der Waals surface area contributed by atoms with Crippen molar-refractivity contribution in [3.05, 3.63) is 11.1 Å². The summed E-state index contributed by atoms with van der Waals surface area (Å²) in [6.07, 6.45) is 12.7. The number of nitrogens with zero attached hydrogens (tertiary/aromatic N) is 1. The maximum absolute atomic E-state index is 5.01. The molecule has 22 heavy (non-hydrogen) atoms. The standard InChI is InChI=1S/C13H27.C6H8NS.Sn/c1-4-7-10-13(11-8-5-2)12-9-6-3;1-5(2)6-3-8-4-7-6;/h4-12H2,1-3H3;3,5H,1-2H3;. The van der Waals surface area contributed by atoms with Gasteiger partial charge in [0.1, 0.15) is 0 Å². The summed E-state index contributed by atoms with van der Waals surface area (Å²) in [4.78, 5) is 5.01. The second kappa shape index (κ2) is 11.1. The SMILES string of the molecule is CCCC[C](CCCC)(CCCC)[Sn][c]1nc(C(C)C)cs1. The van der Waals surface area contributed by atoms with E-state index in [1.54, 1.807) is 3.02 Å². The van der Waals surface area contributed by atoms with Crippen molar-refractivity contribution < 1.29 is 0 Å². The van der Waals surface area contributed by atoms with E-state index in [4.69, 9.17) is 4.98 Å². The molecule has 0 aromatic carbocycles. The van der Waals surface area contributed by atoms with Gasteiger partial charge >= 0.3 is 153 Å². The van der Waals surface area contributed by atoms with Crippen LogP contribution in [0.3, 0.4) is 0 Å². The summed E-state index contributed by atoms with van der Waals surface area (Å²) in [7, 11) is 0. The second-order valence-corrected chi connectivity index (χ2v) is 13.9. The van der Waals surface area contributed by atoms with Gasteiger partial charge in [0, 0.05) is 0 Å². The van der Waals surface area contributed by atoms with Gasteiger partial charge in [0.15, 0.2) is 0 Å². The quantitative estimate of drug-likeness (QED) is 0.355. The zero-order valence-corrected chi connectivity index (χ0v) is 19.0. The third kappa shape index (κ3) is 6.90. The molecule has 0 N–H and O–H groups in total. The Labute approximate surface area is 152 Å². The summed E-state index contributed by atoms with van der Waals surface area (Å²) >= 11 is 1.37. The molecule has 0 unspecified atom stereocenters. The molecule has 0 bridgehead atoms.